The molecule has 0 saturated carbocycles. The van der Waals surface area contributed by atoms with Gasteiger partial charge in [-0.25, -0.2) is 5.43 Å². The van der Waals surface area contributed by atoms with Crippen molar-refractivity contribution in [1.82, 2.24) is 21.9 Å². The molecule has 1 aliphatic heterocycles. The van der Waals surface area contributed by atoms with E-state index in [4.69, 9.17) is 0 Å². The highest BCUT2D eigenvalue weighted by Gasteiger charge is 2.41. The lowest BCUT2D eigenvalue weighted by atomic mass is 10.2. The number of rotatable bonds is 2. The van der Waals surface area contributed by atoms with Gasteiger partial charge in [0.15, 0.2) is 0 Å². The standard InChI is InChI=1S/C4H10N6O4/c11-9(12)3-1-2-5-7-8-6-4(3)10(13)14/h3-8H,1-2H2. The zero-order valence-corrected chi connectivity index (χ0v) is 7.10. The maximum Gasteiger partial charge on any atom is 0.345 e. The zero-order chi connectivity index (χ0) is 10.6. The summed E-state index contributed by atoms with van der Waals surface area (Å²) in [5.74, 6) is 0. The van der Waals surface area contributed by atoms with Crippen molar-refractivity contribution in [2.24, 2.45) is 0 Å². The minimum Gasteiger partial charge on any atom is -0.264 e. The highest BCUT2D eigenvalue weighted by Crippen LogP contribution is 2.04. The second-order valence-corrected chi connectivity index (χ2v) is 2.69. The van der Waals surface area contributed by atoms with Gasteiger partial charge in [-0.3, -0.25) is 20.2 Å². The topological polar surface area (TPSA) is 134 Å². The molecule has 0 aromatic heterocycles. The molecule has 10 nitrogen and oxygen atoms in total. The van der Waals surface area contributed by atoms with Gasteiger partial charge < -0.3 is 0 Å². The normalized spacial score (nSPS) is 28.9. The first-order valence-corrected chi connectivity index (χ1v) is 3.88. The SMILES string of the molecule is O=[N+]([O-])C1CCNNNNC1[N+](=O)[O-]. The Morgan fingerprint density at radius 1 is 1.14 bits per heavy atom. The second-order valence-electron chi connectivity index (χ2n) is 2.69. The van der Waals surface area contributed by atoms with Gasteiger partial charge in [-0.2, -0.15) is 16.5 Å². The van der Waals surface area contributed by atoms with E-state index in [1.165, 1.54) is 0 Å². The van der Waals surface area contributed by atoms with E-state index in [-0.39, 0.29) is 13.0 Å². The number of nitrogens with zero attached hydrogens (tertiary/aromatic N) is 2. The van der Waals surface area contributed by atoms with Gasteiger partial charge in [-0.15, -0.1) is 0 Å². The minimum atomic E-state index is -1.44. The van der Waals surface area contributed by atoms with Gasteiger partial charge in [0.1, 0.15) is 0 Å². The van der Waals surface area contributed by atoms with Crippen molar-refractivity contribution in [2.45, 2.75) is 18.6 Å². The molecule has 2 unspecified atom stereocenters. The summed E-state index contributed by atoms with van der Waals surface area (Å²) in [6.07, 6.45) is -1.38. The Morgan fingerprint density at radius 3 is 2.43 bits per heavy atom. The molecule has 10 heteroatoms. The van der Waals surface area contributed by atoms with Crippen LogP contribution in [0.5, 0.6) is 0 Å². The average molecular weight is 206 g/mol. The molecule has 14 heavy (non-hydrogen) atoms. The lowest BCUT2D eigenvalue weighted by molar-refractivity contribution is -0.624. The molecule has 1 rings (SSSR count). The quantitative estimate of drug-likeness (QED) is 0.294. The van der Waals surface area contributed by atoms with Crippen LogP contribution in [0, 0.1) is 20.2 Å². The monoisotopic (exact) mass is 206 g/mol. The lowest BCUT2D eigenvalue weighted by Gasteiger charge is -2.19. The molecule has 1 aliphatic rings. The summed E-state index contributed by atoms with van der Waals surface area (Å²) < 4.78 is 0. The Hall–Kier alpha value is -1.36. The van der Waals surface area contributed by atoms with E-state index in [0.717, 1.165) is 0 Å². The maximum atomic E-state index is 10.5. The Balaban J connectivity index is 2.70. The largest absolute Gasteiger partial charge is 0.345 e. The third-order valence-electron chi connectivity index (χ3n) is 1.80. The smallest absolute Gasteiger partial charge is 0.264 e. The van der Waals surface area contributed by atoms with E-state index in [1.54, 1.807) is 0 Å². The number of hydrazine groups is 3. The number of nitrogens with one attached hydrogen (secondary N) is 4. The van der Waals surface area contributed by atoms with Crippen molar-refractivity contribution in [3.05, 3.63) is 20.2 Å². The molecule has 1 saturated heterocycles. The molecule has 0 spiro atoms. The van der Waals surface area contributed by atoms with Crippen molar-refractivity contribution in [1.29, 1.82) is 0 Å². The van der Waals surface area contributed by atoms with E-state index < -0.39 is 22.1 Å². The Morgan fingerprint density at radius 2 is 1.86 bits per heavy atom. The summed E-state index contributed by atoms with van der Waals surface area (Å²) in [6, 6.07) is -1.26. The predicted molar refractivity (Wildman–Crippen MR) is 43.6 cm³/mol. The number of hydrogen-bond acceptors (Lipinski definition) is 8. The van der Waals surface area contributed by atoms with Crippen LogP contribution in [0.1, 0.15) is 6.42 Å². The van der Waals surface area contributed by atoms with Crippen LogP contribution in [0.25, 0.3) is 0 Å². The third-order valence-corrected chi connectivity index (χ3v) is 1.80. The number of hydrogen-bond donors (Lipinski definition) is 4. The van der Waals surface area contributed by atoms with Gasteiger partial charge in [0.25, 0.3) is 6.04 Å². The van der Waals surface area contributed by atoms with Gasteiger partial charge in [0.2, 0.25) is 0 Å². The fraction of sp³-hybridized carbons (Fsp3) is 1.00. The molecule has 0 aromatic carbocycles. The van der Waals surface area contributed by atoms with Crippen LogP contribution in [-0.4, -0.2) is 28.6 Å². The van der Waals surface area contributed by atoms with Crippen LogP contribution in [-0.2, 0) is 0 Å². The summed E-state index contributed by atoms with van der Waals surface area (Å²) in [7, 11) is 0. The first-order valence-electron chi connectivity index (χ1n) is 3.88. The van der Waals surface area contributed by atoms with Crippen molar-refractivity contribution >= 4 is 0 Å². The van der Waals surface area contributed by atoms with E-state index in [1.807, 2.05) is 0 Å². The highest BCUT2D eigenvalue weighted by molar-refractivity contribution is 4.67. The molecule has 2 atom stereocenters. The van der Waals surface area contributed by atoms with Crippen LogP contribution in [0.15, 0.2) is 0 Å². The molecule has 1 heterocycles. The van der Waals surface area contributed by atoms with Crippen LogP contribution >= 0.6 is 0 Å². The van der Waals surface area contributed by atoms with Gasteiger partial charge in [-0.05, 0) is 0 Å². The van der Waals surface area contributed by atoms with Gasteiger partial charge in [0, 0.05) is 22.8 Å². The summed E-state index contributed by atoms with van der Waals surface area (Å²) in [4.78, 5) is 19.6. The molecule has 1 fully saturated rings. The Labute approximate surface area is 78.2 Å². The fourth-order valence-corrected chi connectivity index (χ4v) is 1.10. The van der Waals surface area contributed by atoms with Crippen LogP contribution in [0.3, 0.4) is 0 Å². The van der Waals surface area contributed by atoms with E-state index in [2.05, 4.69) is 21.9 Å². The van der Waals surface area contributed by atoms with Gasteiger partial charge in [0.05, 0.1) is 0 Å². The summed E-state index contributed by atoms with van der Waals surface area (Å²) in [5.41, 5.74) is 9.41. The van der Waals surface area contributed by atoms with E-state index >= 15 is 0 Å². The molecule has 0 aromatic rings. The molecular formula is C4H10N6O4. The molecule has 80 valence electrons. The second kappa shape index (κ2) is 4.76. The summed E-state index contributed by atoms with van der Waals surface area (Å²) >= 11 is 0. The zero-order valence-electron chi connectivity index (χ0n) is 7.10. The van der Waals surface area contributed by atoms with Crippen LogP contribution in [0.4, 0.5) is 0 Å². The van der Waals surface area contributed by atoms with Crippen molar-refractivity contribution in [2.75, 3.05) is 6.54 Å². The summed E-state index contributed by atoms with van der Waals surface area (Å²) in [6.45, 7) is 0.269. The van der Waals surface area contributed by atoms with Crippen molar-refractivity contribution in [3.8, 4) is 0 Å². The van der Waals surface area contributed by atoms with E-state index in [9.17, 15) is 20.2 Å². The number of nitro groups is 2. The molecule has 0 radical (unpaired) electrons. The molecule has 0 aliphatic carbocycles. The average Bonchev–Trinajstić information content (AvgIpc) is 2.01. The van der Waals surface area contributed by atoms with Gasteiger partial charge >= 0.3 is 6.17 Å². The Bertz CT molecular complexity index is 210. The molecule has 0 amide bonds. The van der Waals surface area contributed by atoms with Crippen molar-refractivity contribution in [3.63, 3.8) is 0 Å². The van der Waals surface area contributed by atoms with Crippen LogP contribution in [0.2, 0.25) is 0 Å². The lowest BCUT2D eigenvalue weighted by Crippen LogP contribution is -2.63. The fourth-order valence-electron chi connectivity index (χ4n) is 1.10. The van der Waals surface area contributed by atoms with Gasteiger partial charge in [-0.1, -0.05) is 0 Å². The third kappa shape index (κ3) is 2.56. The first kappa shape index (κ1) is 10.7. The molecular weight excluding hydrogens is 196 g/mol. The Kier molecular flexibility index (Phi) is 3.64. The minimum absolute atomic E-state index is 0.0698. The first-order chi connectivity index (χ1) is 6.63. The summed E-state index contributed by atoms with van der Waals surface area (Å²) in [5, 5.41) is 21.0. The highest BCUT2D eigenvalue weighted by atomic mass is 16.6. The van der Waals surface area contributed by atoms with E-state index in [0.29, 0.717) is 0 Å². The molecule has 4 N–H and O–H groups in total. The predicted octanol–water partition coefficient (Wildman–Crippen LogP) is -2.26. The molecule has 0 bridgehead atoms. The maximum absolute atomic E-state index is 10.5. The van der Waals surface area contributed by atoms with Crippen LogP contribution < -0.4 is 21.9 Å². The van der Waals surface area contributed by atoms with Crippen molar-refractivity contribution < 1.29 is 9.85 Å².